The summed E-state index contributed by atoms with van der Waals surface area (Å²) in [5.74, 6) is -0.334. The molecule has 0 bridgehead atoms. The van der Waals surface area contributed by atoms with Crippen molar-refractivity contribution in [3.8, 4) is 0 Å². The highest BCUT2D eigenvalue weighted by atomic mass is 16.5. The predicted molar refractivity (Wildman–Crippen MR) is 85.2 cm³/mol. The summed E-state index contributed by atoms with van der Waals surface area (Å²) in [6.45, 7) is 5.68. The third-order valence-corrected chi connectivity index (χ3v) is 4.04. The van der Waals surface area contributed by atoms with E-state index in [0.29, 0.717) is 0 Å². The second kappa shape index (κ2) is 8.83. The van der Waals surface area contributed by atoms with Gasteiger partial charge in [-0.25, -0.2) is 0 Å². The van der Waals surface area contributed by atoms with E-state index in [4.69, 9.17) is 4.74 Å². The molecule has 0 aliphatic rings. The monoisotopic (exact) mass is 292 g/mol. The first-order valence-corrected chi connectivity index (χ1v) is 7.96. The number of carbonyl (C=O) groups excluding carboxylic acids is 1. The summed E-state index contributed by atoms with van der Waals surface area (Å²) < 4.78 is 5.66. The van der Waals surface area contributed by atoms with Gasteiger partial charge in [0, 0.05) is 0 Å². The molecular weight excluding hydrogens is 264 g/mol. The van der Waals surface area contributed by atoms with Crippen molar-refractivity contribution in [2.75, 3.05) is 6.61 Å². The van der Waals surface area contributed by atoms with Gasteiger partial charge in [-0.2, -0.15) is 0 Å². The van der Waals surface area contributed by atoms with E-state index in [-0.39, 0.29) is 18.7 Å². The van der Waals surface area contributed by atoms with Gasteiger partial charge in [0.15, 0.2) is 0 Å². The number of aliphatic hydroxyl groups is 1. The first-order valence-electron chi connectivity index (χ1n) is 7.96. The molecule has 0 radical (unpaired) electrons. The Kier molecular flexibility index (Phi) is 7.44. The van der Waals surface area contributed by atoms with Crippen LogP contribution in [0.5, 0.6) is 0 Å². The van der Waals surface area contributed by atoms with Crippen LogP contribution >= 0.6 is 0 Å². The molecule has 1 aromatic carbocycles. The number of rotatable bonds is 9. The van der Waals surface area contributed by atoms with Gasteiger partial charge >= 0.3 is 5.97 Å². The summed E-state index contributed by atoms with van der Waals surface area (Å²) in [5, 5.41) is 9.71. The average molecular weight is 292 g/mol. The lowest BCUT2D eigenvalue weighted by Crippen LogP contribution is -2.40. The van der Waals surface area contributed by atoms with E-state index >= 15 is 0 Å². The molecule has 0 aliphatic heterocycles. The maximum absolute atomic E-state index is 12.5. The van der Waals surface area contributed by atoms with Crippen LogP contribution in [0.15, 0.2) is 30.3 Å². The van der Waals surface area contributed by atoms with Crippen molar-refractivity contribution >= 4 is 5.97 Å². The molecule has 1 N–H and O–H groups in total. The molecule has 0 saturated heterocycles. The van der Waals surface area contributed by atoms with Gasteiger partial charge in [-0.1, -0.05) is 57.0 Å². The van der Waals surface area contributed by atoms with Crippen LogP contribution in [-0.4, -0.2) is 23.8 Å². The molecule has 1 rings (SSSR count). The van der Waals surface area contributed by atoms with Crippen molar-refractivity contribution < 1.29 is 14.6 Å². The molecule has 0 aliphatic carbocycles. The summed E-state index contributed by atoms with van der Waals surface area (Å²) in [4.78, 5) is 12.5. The van der Waals surface area contributed by atoms with Crippen LogP contribution in [0.2, 0.25) is 0 Å². The number of unbranched alkanes of at least 4 members (excludes halogenated alkanes) is 2. The van der Waals surface area contributed by atoms with E-state index in [1.807, 2.05) is 37.3 Å². The minimum Gasteiger partial charge on any atom is -0.462 e. The third kappa shape index (κ3) is 4.85. The first kappa shape index (κ1) is 17.7. The highest BCUT2D eigenvalue weighted by Gasteiger charge is 2.37. The minimum atomic E-state index is -0.987. The third-order valence-electron chi connectivity index (χ3n) is 4.04. The summed E-state index contributed by atoms with van der Waals surface area (Å²) in [6.07, 6.45) is 5.03. The highest BCUT2D eigenvalue weighted by molar-refractivity contribution is 5.83. The van der Waals surface area contributed by atoms with E-state index in [1.54, 1.807) is 6.92 Å². The fraction of sp³-hybridized carbons (Fsp3) is 0.611. The summed E-state index contributed by atoms with van der Waals surface area (Å²) in [5.41, 5.74) is -0.194. The maximum atomic E-state index is 12.5. The molecule has 0 fully saturated rings. The minimum absolute atomic E-state index is 0.0568. The Bertz CT molecular complexity index is 416. The van der Waals surface area contributed by atoms with Crippen LogP contribution in [0.3, 0.4) is 0 Å². The van der Waals surface area contributed by atoms with Gasteiger partial charge in [-0.05, 0) is 31.7 Å². The Labute approximate surface area is 128 Å². The van der Waals surface area contributed by atoms with Crippen molar-refractivity contribution in [2.24, 2.45) is 0 Å². The molecule has 0 amide bonds. The number of hydrogen-bond donors (Lipinski definition) is 1. The summed E-state index contributed by atoms with van der Waals surface area (Å²) in [7, 11) is 0. The van der Waals surface area contributed by atoms with Gasteiger partial charge in [0.05, 0.1) is 6.61 Å². The van der Waals surface area contributed by atoms with E-state index in [9.17, 15) is 9.90 Å². The summed E-state index contributed by atoms with van der Waals surface area (Å²) >= 11 is 0. The molecule has 2 unspecified atom stereocenters. The number of hydrogen-bond acceptors (Lipinski definition) is 3. The van der Waals surface area contributed by atoms with Crippen LogP contribution in [0.25, 0.3) is 0 Å². The first-order chi connectivity index (χ1) is 10.1. The van der Waals surface area contributed by atoms with Gasteiger partial charge in [0.1, 0.15) is 11.5 Å². The zero-order valence-electron chi connectivity index (χ0n) is 13.5. The fourth-order valence-corrected chi connectivity index (χ4v) is 2.33. The number of aliphatic hydroxyl groups excluding tert-OH is 1. The van der Waals surface area contributed by atoms with Crippen LogP contribution in [0, 0.1) is 0 Å². The van der Waals surface area contributed by atoms with Crippen LogP contribution in [-0.2, 0) is 14.9 Å². The molecule has 118 valence electrons. The quantitative estimate of drug-likeness (QED) is 0.555. The second-order valence-corrected chi connectivity index (χ2v) is 5.79. The molecule has 3 heteroatoms. The molecule has 0 saturated carbocycles. The van der Waals surface area contributed by atoms with Crippen LogP contribution < -0.4 is 0 Å². The van der Waals surface area contributed by atoms with Gasteiger partial charge in [-0.3, -0.25) is 4.79 Å². The standard InChI is InChI=1S/C18H28O3/c1-4-6-8-13-16(5-2)21-17(20)18(3,14-19)15-11-9-7-10-12-15/h7,9-12,16,19H,4-6,8,13-14H2,1-3H3. The molecular formula is C18H28O3. The molecule has 2 atom stereocenters. The number of esters is 1. The van der Waals surface area contributed by atoms with Crippen molar-refractivity contribution in [3.05, 3.63) is 35.9 Å². The molecule has 3 nitrogen and oxygen atoms in total. The van der Waals surface area contributed by atoms with E-state index in [2.05, 4.69) is 6.92 Å². The Morgan fingerprint density at radius 2 is 1.90 bits per heavy atom. The van der Waals surface area contributed by atoms with E-state index in [0.717, 1.165) is 37.7 Å². The van der Waals surface area contributed by atoms with Crippen molar-refractivity contribution in [3.63, 3.8) is 0 Å². The van der Waals surface area contributed by atoms with E-state index < -0.39 is 5.41 Å². The highest BCUT2D eigenvalue weighted by Crippen LogP contribution is 2.26. The van der Waals surface area contributed by atoms with Crippen LogP contribution in [0.1, 0.15) is 58.4 Å². The lowest BCUT2D eigenvalue weighted by Gasteiger charge is -2.28. The lowest BCUT2D eigenvalue weighted by molar-refractivity contribution is -0.157. The zero-order valence-corrected chi connectivity index (χ0v) is 13.5. The van der Waals surface area contributed by atoms with Gasteiger partial charge in [0.25, 0.3) is 0 Å². The normalized spacial score (nSPS) is 15.2. The smallest absolute Gasteiger partial charge is 0.318 e. The Balaban J connectivity index is 2.74. The zero-order chi connectivity index (χ0) is 15.7. The SMILES string of the molecule is CCCCCC(CC)OC(=O)C(C)(CO)c1ccccc1. The lowest BCUT2D eigenvalue weighted by atomic mass is 9.83. The Morgan fingerprint density at radius 1 is 1.24 bits per heavy atom. The Hall–Kier alpha value is -1.35. The fourth-order valence-electron chi connectivity index (χ4n) is 2.33. The summed E-state index contributed by atoms with van der Waals surface area (Å²) in [6, 6.07) is 9.35. The molecule has 1 aromatic rings. The average Bonchev–Trinajstić information content (AvgIpc) is 2.53. The molecule has 0 heterocycles. The molecule has 0 spiro atoms. The Morgan fingerprint density at radius 3 is 2.43 bits per heavy atom. The van der Waals surface area contributed by atoms with Gasteiger partial charge in [0.2, 0.25) is 0 Å². The van der Waals surface area contributed by atoms with Crippen LogP contribution in [0.4, 0.5) is 0 Å². The largest absolute Gasteiger partial charge is 0.462 e. The maximum Gasteiger partial charge on any atom is 0.318 e. The van der Waals surface area contributed by atoms with E-state index in [1.165, 1.54) is 0 Å². The van der Waals surface area contributed by atoms with Gasteiger partial charge in [-0.15, -0.1) is 0 Å². The molecule has 21 heavy (non-hydrogen) atoms. The van der Waals surface area contributed by atoms with Crippen molar-refractivity contribution in [1.29, 1.82) is 0 Å². The number of carbonyl (C=O) groups is 1. The van der Waals surface area contributed by atoms with Crippen molar-refractivity contribution in [1.82, 2.24) is 0 Å². The second-order valence-electron chi connectivity index (χ2n) is 5.79. The molecule has 0 aromatic heterocycles. The topological polar surface area (TPSA) is 46.5 Å². The predicted octanol–water partition coefficient (Wildman–Crippen LogP) is 3.84. The van der Waals surface area contributed by atoms with Crippen molar-refractivity contribution in [2.45, 2.75) is 64.4 Å². The number of ether oxygens (including phenoxy) is 1. The number of benzene rings is 1. The van der Waals surface area contributed by atoms with Gasteiger partial charge < -0.3 is 9.84 Å².